The fourth-order valence-corrected chi connectivity index (χ4v) is 2.48. The summed E-state index contributed by atoms with van der Waals surface area (Å²) in [5, 5.41) is 6.62. The van der Waals surface area contributed by atoms with Crippen molar-refractivity contribution in [3.05, 3.63) is 17.5 Å². The first-order valence-corrected chi connectivity index (χ1v) is 7.37. The minimum absolute atomic E-state index is 0.0176. The van der Waals surface area contributed by atoms with Crippen molar-refractivity contribution in [1.29, 1.82) is 0 Å². The lowest BCUT2D eigenvalue weighted by molar-refractivity contribution is -0.122. The highest BCUT2D eigenvalue weighted by atomic mass is 19.3. The van der Waals surface area contributed by atoms with E-state index in [1.54, 1.807) is 6.92 Å². The maximum atomic E-state index is 12.6. The molecule has 1 saturated heterocycles. The monoisotopic (exact) mass is 316 g/mol. The molecule has 1 aliphatic rings. The van der Waals surface area contributed by atoms with Crippen LogP contribution in [0.5, 0.6) is 0 Å². The van der Waals surface area contributed by atoms with Crippen LogP contribution in [-0.2, 0) is 16.1 Å². The van der Waals surface area contributed by atoms with E-state index in [0.717, 1.165) is 19.6 Å². The summed E-state index contributed by atoms with van der Waals surface area (Å²) in [4.78, 5) is 14.2. The number of ether oxygens (including phenoxy) is 1. The summed E-state index contributed by atoms with van der Waals surface area (Å²) in [6.07, 6.45) is -2.62. The molecule has 0 radical (unpaired) electrons. The van der Waals surface area contributed by atoms with Gasteiger partial charge in [0.05, 0.1) is 13.2 Å². The van der Waals surface area contributed by atoms with E-state index < -0.39 is 6.43 Å². The Balaban J connectivity index is 1.81. The molecule has 1 amide bonds. The van der Waals surface area contributed by atoms with Crippen molar-refractivity contribution < 1.29 is 18.3 Å². The summed E-state index contributed by atoms with van der Waals surface area (Å²) < 4.78 is 31.7. The minimum Gasteiger partial charge on any atom is -0.379 e. The molecule has 6 nitrogen and oxygen atoms in total. The van der Waals surface area contributed by atoms with Crippen molar-refractivity contribution in [1.82, 2.24) is 20.0 Å². The number of nitrogens with zero attached hydrogens (tertiary/aromatic N) is 3. The van der Waals surface area contributed by atoms with Gasteiger partial charge in [0.2, 0.25) is 5.91 Å². The van der Waals surface area contributed by atoms with E-state index >= 15 is 0 Å². The standard InChI is InChI=1S/C14H22F2N4O2/c1-10(8-19-3-5-22-6-4-19)17-13(21)9-20-11(2)7-12(18-20)14(15)16/h7,10,14H,3-6,8-9H2,1-2H3,(H,17,21)/t10-/m0/s1. The Hall–Kier alpha value is -1.54. The first-order chi connectivity index (χ1) is 10.5. The first kappa shape index (κ1) is 16.8. The van der Waals surface area contributed by atoms with Crippen molar-refractivity contribution >= 4 is 5.91 Å². The Bertz CT molecular complexity index is 501. The predicted octanol–water partition coefficient (Wildman–Crippen LogP) is 0.966. The van der Waals surface area contributed by atoms with Crippen LogP contribution in [0.1, 0.15) is 24.7 Å². The van der Waals surface area contributed by atoms with Gasteiger partial charge < -0.3 is 10.1 Å². The molecular formula is C14H22F2N4O2. The van der Waals surface area contributed by atoms with Crippen LogP contribution in [0.4, 0.5) is 8.78 Å². The average Bonchev–Trinajstić information content (AvgIpc) is 2.81. The van der Waals surface area contributed by atoms with Crippen LogP contribution in [0.25, 0.3) is 0 Å². The number of hydrogen-bond acceptors (Lipinski definition) is 4. The molecule has 0 spiro atoms. The van der Waals surface area contributed by atoms with E-state index in [2.05, 4.69) is 15.3 Å². The maximum Gasteiger partial charge on any atom is 0.282 e. The molecule has 1 aromatic rings. The third kappa shape index (κ3) is 4.74. The van der Waals surface area contributed by atoms with Crippen molar-refractivity contribution in [2.24, 2.45) is 0 Å². The molecule has 1 aromatic heterocycles. The second-order valence-corrected chi connectivity index (χ2v) is 5.55. The van der Waals surface area contributed by atoms with Gasteiger partial charge in [-0.3, -0.25) is 14.4 Å². The zero-order valence-electron chi connectivity index (χ0n) is 12.9. The molecule has 1 atom stereocenters. The molecule has 0 unspecified atom stereocenters. The fourth-order valence-electron chi connectivity index (χ4n) is 2.48. The summed E-state index contributed by atoms with van der Waals surface area (Å²) in [7, 11) is 0. The number of alkyl halides is 2. The topological polar surface area (TPSA) is 59.4 Å². The number of carbonyl (C=O) groups excluding carboxylic acids is 1. The van der Waals surface area contributed by atoms with E-state index in [4.69, 9.17) is 4.74 Å². The Kier molecular flexibility index (Phi) is 5.84. The second kappa shape index (κ2) is 7.64. The fraction of sp³-hybridized carbons (Fsp3) is 0.714. The lowest BCUT2D eigenvalue weighted by Gasteiger charge is -2.29. The quantitative estimate of drug-likeness (QED) is 0.849. The maximum absolute atomic E-state index is 12.6. The highest BCUT2D eigenvalue weighted by Gasteiger charge is 2.17. The van der Waals surface area contributed by atoms with Gasteiger partial charge in [-0.2, -0.15) is 5.10 Å². The van der Waals surface area contributed by atoms with Gasteiger partial charge in [-0.05, 0) is 19.9 Å². The summed E-state index contributed by atoms with van der Waals surface area (Å²) in [6.45, 7) is 7.41. The van der Waals surface area contributed by atoms with Crippen LogP contribution in [0.3, 0.4) is 0 Å². The summed E-state index contributed by atoms with van der Waals surface area (Å²) in [5.74, 6) is -0.229. The zero-order valence-corrected chi connectivity index (χ0v) is 12.9. The minimum atomic E-state index is -2.62. The van der Waals surface area contributed by atoms with E-state index in [9.17, 15) is 13.6 Å². The zero-order chi connectivity index (χ0) is 16.1. The summed E-state index contributed by atoms with van der Waals surface area (Å²) in [5.41, 5.74) is 0.248. The lowest BCUT2D eigenvalue weighted by atomic mass is 10.3. The van der Waals surface area contributed by atoms with Crippen LogP contribution < -0.4 is 5.32 Å². The van der Waals surface area contributed by atoms with E-state index in [1.807, 2.05) is 6.92 Å². The molecule has 1 fully saturated rings. The molecule has 1 aliphatic heterocycles. The van der Waals surface area contributed by atoms with Gasteiger partial charge >= 0.3 is 0 Å². The van der Waals surface area contributed by atoms with E-state index in [1.165, 1.54) is 10.7 Å². The van der Waals surface area contributed by atoms with Crippen LogP contribution in [0.2, 0.25) is 0 Å². The smallest absolute Gasteiger partial charge is 0.282 e. The number of morpholine rings is 1. The number of carbonyl (C=O) groups is 1. The largest absolute Gasteiger partial charge is 0.379 e. The molecule has 0 aromatic carbocycles. The van der Waals surface area contributed by atoms with Gasteiger partial charge in [0.1, 0.15) is 12.2 Å². The third-order valence-electron chi connectivity index (χ3n) is 3.56. The summed E-state index contributed by atoms with van der Waals surface area (Å²) >= 11 is 0. The molecule has 124 valence electrons. The number of amides is 1. The number of hydrogen-bond donors (Lipinski definition) is 1. The SMILES string of the molecule is Cc1cc(C(F)F)nn1CC(=O)N[C@@H](C)CN1CCOCC1. The van der Waals surface area contributed by atoms with Crippen molar-refractivity contribution in [3.63, 3.8) is 0 Å². The van der Waals surface area contributed by atoms with Crippen molar-refractivity contribution in [3.8, 4) is 0 Å². The average molecular weight is 316 g/mol. The van der Waals surface area contributed by atoms with Crippen LogP contribution in [-0.4, -0.2) is 59.5 Å². The molecule has 0 saturated carbocycles. The van der Waals surface area contributed by atoms with Gasteiger partial charge in [0.15, 0.2) is 0 Å². The van der Waals surface area contributed by atoms with Gasteiger partial charge in [-0.15, -0.1) is 0 Å². The molecule has 2 heterocycles. The van der Waals surface area contributed by atoms with Gasteiger partial charge in [-0.25, -0.2) is 8.78 Å². The van der Waals surface area contributed by atoms with E-state index in [0.29, 0.717) is 18.9 Å². The third-order valence-corrected chi connectivity index (χ3v) is 3.56. The Labute approximate surface area is 128 Å². The number of aromatic nitrogens is 2. The number of halogens is 2. The van der Waals surface area contributed by atoms with Crippen molar-refractivity contribution in [2.45, 2.75) is 32.9 Å². The van der Waals surface area contributed by atoms with Gasteiger partial charge in [-0.1, -0.05) is 0 Å². The van der Waals surface area contributed by atoms with Crippen molar-refractivity contribution in [2.75, 3.05) is 32.8 Å². The molecule has 8 heteroatoms. The normalized spacial score (nSPS) is 17.7. The molecule has 0 aliphatic carbocycles. The van der Waals surface area contributed by atoms with Crippen LogP contribution >= 0.6 is 0 Å². The molecule has 2 rings (SSSR count). The highest BCUT2D eigenvalue weighted by Crippen LogP contribution is 2.17. The molecular weight excluding hydrogens is 294 g/mol. The van der Waals surface area contributed by atoms with E-state index in [-0.39, 0.29) is 24.2 Å². The highest BCUT2D eigenvalue weighted by molar-refractivity contribution is 5.76. The predicted molar refractivity (Wildman–Crippen MR) is 76.8 cm³/mol. The van der Waals surface area contributed by atoms with Crippen LogP contribution in [0, 0.1) is 6.92 Å². The van der Waals surface area contributed by atoms with Gasteiger partial charge in [0.25, 0.3) is 6.43 Å². The number of nitrogens with one attached hydrogen (secondary N) is 1. The first-order valence-electron chi connectivity index (χ1n) is 7.37. The lowest BCUT2D eigenvalue weighted by Crippen LogP contribution is -2.46. The Morgan fingerprint density at radius 3 is 2.73 bits per heavy atom. The second-order valence-electron chi connectivity index (χ2n) is 5.55. The summed E-state index contributed by atoms with van der Waals surface area (Å²) in [6, 6.07) is 1.28. The van der Waals surface area contributed by atoms with Crippen LogP contribution in [0.15, 0.2) is 6.07 Å². The molecule has 1 N–H and O–H groups in total. The number of aryl methyl sites for hydroxylation is 1. The number of rotatable bonds is 6. The molecule has 22 heavy (non-hydrogen) atoms. The Morgan fingerprint density at radius 2 is 2.14 bits per heavy atom. The molecule has 0 bridgehead atoms. The van der Waals surface area contributed by atoms with Gasteiger partial charge in [0, 0.05) is 31.4 Å². The Morgan fingerprint density at radius 1 is 1.45 bits per heavy atom.